The smallest absolute Gasteiger partial charge is 0.220 e. The van der Waals surface area contributed by atoms with Gasteiger partial charge in [-0.1, -0.05) is 102 Å². The zero-order chi connectivity index (χ0) is 21.1. The van der Waals surface area contributed by atoms with Crippen LogP contribution in [0.1, 0.15) is 84.1 Å². The van der Waals surface area contributed by atoms with E-state index < -0.39 is 0 Å². The Hall–Kier alpha value is -2.03. The standard InChI is InChI=1S/C26H39NO2/c1-4-5-6-7-8-9-10-11-16-24(28)27-20-26(2,3)19-22-18-17-21-14-12-13-15-23(21)25(22)29/h12-15,17-18,29H,4-11,16,19-20H2,1-3H3,(H,27,28). The van der Waals surface area contributed by atoms with Crippen LogP contribution in [-0.4, -0.2) is 17.6 Å². The molecule has 0 atom stereocenters. The largest absolute Gasteiger partial charge is 0.507 e. The molecule has 0 radical (unpaired) electrons. The first-order valence-electron chi connectivity index (χ1n) is 11.4. The van der Waals surface area contributed by atoms with Crippen LogP contribution in [0.15, 0.2) is 36.4 Å². The summed E-state index contributed by atoms with van der Waals surface area (Å²) in [4.78, 5) is 12.2. The van der Waals surface area contributed by atoms with Crippen LogP contribution in [0.3, 0.4) is 0 Å². The third-order valence-electron chi connectivity index (χ3n) is 5.67. The molecule has 0 heterocycles. The number of fused-ring (bicyclic) bond motifs is 1. The molecule has 0 aliphatic carbocycles. The fraction of sp³-hybridized carbons (Fsp3) is 0.577. The summed E-state index contributed by atoms with van der Waals surface area (Å²) < 4.78 is 0. The van der Waals surface area contributed by atoms with E-state index in [1.807, 2.05) is 30.3 Å². The van der Waals surface area contributed by atoms with Crippen molar-refractivity contribution in [1.29, 1.82) is 0 Å². The van der Waals surface area contributed by atoms with Crippen molar-refractivity contribution in [2.24, 2.45) is 5.41 Å². The fourth-order valence-corrected chi connectivity index (χ4v) is 3.87. The Kier molecular flexibility index (Phi) is 9.50. The molecule has 0 unspecified atom stereocenters. The van der Waals surface area contributed by atoms with Gasteiger partial charge in [0.25, 0.3) is 0 Å². The summed E-state index contributed by atoms with van der Waals surface area (Å²) in [6, 6.07) is 11.9. The zero-order valence-corrected chi connectivity index (χ0v) is 18.6. The highest BCUT2D eigenvalue weighted by atomic mass is 16.3. The van der Waals surface area contributed by atoms with Crippen molar-refractivity contribution in [2.45, 2.75) is 85.0 Å². The Labute approximate surface area is 176 Å². The van der Waals surface area contributed by atoms with Gasteiger partial charge in [-0.2, -0.15) is 0 Å². The molecule has 29 heavy (non-hydrogen) atoms. The molecule has 0 aliphatic heterocycles. The summed E-state index contributed by atoms with van der Waals surface area (Å²) >= 11 is 0. The van der Waals surface area contributed by atoms with Gasteiger partial charge in [0.15, 0.2) is 0 Å². The molecular formula is C26H39NO2. The number of hydrogen-bond acceptors (Lipinski definition) is 2. The van der Waals surface area contributed by atoms with Crippen LogP contribution < -0.4 is 5.32 Å². The van der Waals surface area contributed by atoms with E-state index >= 15 is 0 Å². The number of unbranched alkanes of at least 4 members (excludes halogenated alkanes) is 7. The van der Waals surface area contributed by atoms with E-state index in [2.05, 4.69) is 32.2 Å². The number of amides is 1. The minimum atomic E-state index is -0.116. The number of phenols is 1. The maximum absolute atomic E-state index is 12.2. The molecule has 3 heteroatoms. The van der Waals surface area contributed by atoms with E-state index in [1.165, 1.54) is 38.5 Å². The Morgan fingerprint density at radius 3 is 2.31 bits per heavy atom. The molecule has 2 rings (SSSR count). The molecule has 2 aromatic rings. The Balaban J connectivity index is 1.71. The Bertz CT molecular complexity index is 766. The second-order valence-corrected chi connectivity index (χ2v) is 9.14. The van der Waals surface area contributed by atoms with Crippen LogP contribution in [-0.2, 0) is 11.2 Å². The predicted molar refractivity (Wildman–Crippen MR) is 123 cm³/mol. The van der Waals surface area contributed by atoms with E-state index in [4.69, 9.17) is 0 Å². The number of nitrogens with one attached hydrogen (secondary N) is 1. The highest BCUT2D eigenvalue weighted by Crippen LogP contribution is 2.33. The first-order valence-corrected chi connectivity index (χ1v) is 11.4. The molecule has 0 saturated carbocycles. The molecule has 0 bridgehead atoms. The number of aromatic hydroxyl groups is 1. The summed E-state index contributed by atoms with van der Waals surface area (Å²) in [6.45, 7) is 7.13. The second kappa shape index (κ2) is 11.8. The van der Waals surface area contributed by atoms with Crippen molar-refractivity contribution in [2.75, 3.05) is 6.54 Å². The monoisotopic (exact) mass is 397 g/mol. The first kappa shape index (κ1) is 23.3. The average Bonchev–Trinajstić information content (AvgIpc) is 2.71. The molecule has 2 aromatic carbocycles. The van der Waals surface area contributed by atoms with Gasteiger partial charge in [-0.15, -0.1) is 0 Å². The van der Waals surface area contributed by atoms with Crippen LogP contribution >= 0.6 is 0 Å². The number of rotatable bonds is 13. The van der Waals surface area contributed by atoms with Crippen molar-refractivity contribution in [3.8, 4) is 5.75 Å². The van der Waals surface area contributed by atoms with Crippen LogP contribution in [0.4, 0.5) is 0 Å². The number of phenolic OH excluding ortho intramolecular Hbond substituents is 1. The highest BCUT2D eigenvalue weighted by molar-refractivity contribution is 5.89. The minimum absolute atomic E-state index is 0.116. The molecule has 0 spiro atoms. The third kappa shape index (κ3) is 8.08. The van der Waals surface area contributed by atoms with Gasteiger partial charge in [-0.3, -0.25) is 4.79 Å². The van der Waals surface area contributed by atoms with Crippen molar-refractivity contribution < 1.29 is 9.90 Å². The fourth-order valence-electron chi connectivity index (χ4n) is 3.87. The van der Waals surface area contributed by atoms with E-state index in [0.717, 1.165) is 35.6 Å². The van der Waals surface area contributed by atoms with Gasteiger partial charge in [0.2, 0.25) is 5.91 Å². The van der Waals surface area contributed by atoms with E-state index in [0.29, 0.717) is 18.7 Å². The highest BCUT2D eigenvalue weighted by Gasteiger charge is 2.21. The molecule has 1 amide bonds. The lowest BCUT2D eigenvalue weighted by atomic mass is 9.84. The molecule has 0 aliphatic rings. The Morgan fingerprint density at radius 1 is 0.931 bits per heavy atom. The van der Waals surface area contributed by atoms with Gasteiger partial charge in [0.1, 0.15) is 5.75 Å². The lowest BCUT2D eigenvalue weighted by Crippen LogP contribution is -2.35. The molecule has 3 nitrogen and oxygen atoms in total. The summed E-state index contributed by atoms with van der Waals surface area (Å²) in [6.07, 6.45) is 11.3. The summed E-state index contributed by atoms with van der Waals surface area (Å²) in [5.74, 6) is 0.508. The van der Waals surface area contributed by atoms with Crippen LogP contribution in [0.25, 0.3) is 10.8 Å². The number of carbonyl (C=O) groups is 1. The van der Waals surface area contributed by atoms with Gasteiger partial charge < -0.3 is 10.4 Å². The summed E-state index contributed by atoms with van der Waals surface area (Å²) in [7, 11) is 0. The third-order valence-corrected chi connectivity index (χ3v) is 5.67. The van der Waals surface area contributed by atoms with Crippen molar-refractivity contribution in [1.82, 2.24) is 5.32 Å². The molecule has 0 saturated heterocycles. The van der Waals surface area contributed by atoms with Gasteiger partial charge in [-0.05, 0) is 29.2 Å². The average molecular weight is 398 g/mol. The Morgan fingerprint density at radius 2 is 1.59 bits per heavy atom. The van der Waals surface area contributed by atoms with E-state index in [1.54, 1.807) is 0 Å². The molecular weight excluding hydrogens is 358 g/mol. The first-order chi connectivity index (χ1) is 13.9. The van der Waals surface area contributed by atoms with Gasteiger partial charge in [0.05, 0.1) is 0 Å². The summed E-state index contributed by atoms with van der Waals surface area (Å²) in [5.41, 5.74) is 0.820. The van der Waals surface area contributed by atoms with Crippen LogP contribution in [0.2, 0.25) is 0 Å². The lowest BCUT2D eigenvalue weighted by molar-refractivity contribution is -0.121. The number of carbonyl (C=O) groups excluding carboxylic acids is 1. The van der Waals surface area contributed by atoms with Crippen LogP contribution in [0.5, 0.6) is 5.75 Å². The zero-order valence-electron chi connectivity index (χ0n) is 18.6. The molecule has 0 aromatic heterocycles. The second-order valence-electron chi connectivity index (χ2n) is 9.14. The van der Waals surface area contributed by atoms with Gasteiger partial charge in [0, 0.05) is 18.4 Å². The topological polar surface area (TPSA) is 49.3 Å². The van der Waals surface area contributed by atoms with Gasteiger partial charge >= 0.3 is 0 Å². The maximum Gasteiger partial charge on any atom is 0.220 e. The molecule has 160 valence electrons. The minimum Gasteiger partial charge on any atom is -0.507 e. The van der Waals surface area contributed by atoms with E-state index in [9.17, 15) is 9.90 Å². The molecule has 0 fully saturated rings. The van der Waals surface area contributed by atoms with Crippen molar-refractivity contribution >= 4 is 16.7 Å². The predicted octanol–water partition coefficient (Wildman–Crippen LogP) is 6.76. The van der Waals surface area contributed by atoms with E-state index in [-0.39, 0.29) is 11.3 Å². The quantitative estimate of drug-likeness (QED) is 0.367. The summed E-state index contributed by atoms with van der Waals surface area (Å²) in [5, 5.41) is 15.7. The number of hydrogen-bond donors (Lipinski definition) is 2. The number of benzene rings is 2. The molecule has 2 N–H and O–H groups in total. The van der Waals surface area contributed by atoms with Crippen molar-refractivity contribution in [3.63, 3.8) is 0 Å². The van der Waals surface area contributed by atoms with Crippen LogP contribution in [0, 0.1) is 5.41 Å². The SMILES string of the molecule is CCCCCCCCCCC(=O)NCC(C)(C)Cc1ccc2ccccc2c1O. The van der Waals surface area contributed by atoms with Crippen molar-refractivity contribution in [3.05, 3.63) is 42.0 Å². The normalized spacial score (nSPS) is 11.7. The lowest BCUT2D eigenvalue weighted by Gasteiger charge is -2.26. The van der Waals surface area contributed by atoms with Gasteiger partial charge in [-0.25, -0.2) is 0 Å². The maximum atomic E-state index is 12.2.